The van der Waals surface area contributed by atoms with Gasteiger partial charge in [-0.15, -0.1) is 0 Å². The molecule has 2 radical (unpaired) electrons. The molecule has 3 aromatic rings. The van der Waals surface area contributed by atoms with Gasteiger partial charge in [0.25, 0.3) is 5.92 Å². The van der Waals surface area contributed by atoms with Gasteiger partial charge in [-0.25, -0.2) is 13.2 Å². The first-order valence-corrected chi connectivity index (χ1v) is 10.6. The van der Waals surface area contributed by atoms with Crippen LogP contribution in [0.5, 0.6) is 5.75 Å². The van der Waals surface area contributed by atoms with Crippen molar-refractivity contribution in [3.8, 4) is 5.75 Å². The first kappa shape index (κ1) is 23.7. The third-order valence-electron chi connectivity index (χ3n) is 5.47. The quantitative estimate of drug-likeness (QED) is 0.265. The van der Waals surface area contributed by atoms with E-state index in [0.717, 1.165) is 41.0 Å². The zero-order chi connectivity index (χ0) is 23.3. The molecule has 0 aliphatic carbocycles. The fourth-order valence-corrected chi connectivity index (χ4v) is 3.79. The zero-order valence-electron chi connectivity index (χ0n) is 18.6. The Morgan fingerprint density at radius 1 is 0.969 bits per heavy atom. The molecule has 0 N–H and O–H groups in total. The zero-order valence-corrected chi connectivity index (χ0v) is 18.6. The van der Waals surface area contributed by atoms with Crippen LogP contribution < -0.4 is 4.74 Å². The lowest BCUT2D eigenvalue weighted by Crippen LogP contribution is -2.11. The van der Waals surface area contributed by atoms with E-state index in [-0.39, 0.29) is 5.56 Å². The Hall–Kier alpha value is -2.95. The van der Waals surface area contributed by atoms with Crippen molar-refractivity contribution < 1.29 is 17.9 Å². The van der Waals surface area contributed by atoms with Crippen LogP contribution in [-0.4, -0.2) is 14.5 Å². The number of hydrogen-bond donors (Lipinski definition) is 0. The lowest BCUT2D eigenvalue weighted by atomic mass is 9.86. The number of hydrogen-bond acceptors (Lipinski definition) is 1. The molecule has 5 heteroatoms. The van der Waals surface area contributed by atoms with E-state index in [2.05, 4.69) is 0 Å². The summed E-state index contributed by atoms with van der Waals surface area (Å²) in [5, 5.41) is 0. The van der Waals surface area contributed by atoms with Crippen LogP contribution in [0.2, 0.25) is 6.32 Å². The fraction of sp³-hybridized carbons (Fsp3) is 0.259. The molecule has 0 heterocycles. The van der Waals surface area contributed by atoms with Crippen molar-refractivity contribution in [2.24, 2.45) is 0 Å². The number of rotatable bonds is 8. The number of benzene rings is 3. The predicted octanol–water partition coefficient (Wildman–Crippen LogP) is 7.38. The maximum Gasteiger partial charge on any atom is 0.271 e. The summed E-state index contributed by atoms with van der Waals surface area (Å²) in [6.07, 6.45) is 0.961. The first-order valence-electron chi connectivity index (χ1n) is 10.6. The highest BCUT2D eigenvalue weighted by molar-refractivity contribution is 6.08. The molecule has 164 valence electrons. The molecule has 0 unspecified atom stereocenters. The summed E-state index contributed by atoms with van der Waals surface area (Å²) in [7, 11) is 5.48. The highest BCUT2D eigenvalue weighted by Gasteiger charge is 2.29. The van der Waals surface area contributed by atoms with Gasteiger partial charge in [0.1, 0.15) is 11.6 Å². The summed E-state index contributed by atoms with van der Waals surface area (Å²) < 4.78 is 48.1. The van der Waals surface area contributed by atoms with Gasteiger partial charge < -0.3 is 4.74 Å². The largest absolute Gasteiger partial charge is 0.494 e. The van der Waals surface area contributed by atoms with E-state index in [1.807, 2.05) is 62.4 Å². The van der Waals surface area contributed by atoms with Crippen LogP contribution in [0.4, 0.5) is 13.2 Å². The van der Waals surface area contributed by atoms with Crippen LogP contribution in [0.1, 0.15) is 41.7 Å². The average Bonchev–Trinajstić information content (AvgIpc) is 2.76. The average molecular weight is 434 g/mol. The molecule has 32 heavy (non-hydrogen) atoms. The molecule has 3 aromatic carbocycles. The fourth-order valence-electron chi connectivity index (χ4n) is 3.79. The predicted molar refractivity (Wildman–Crippen MR) is 126 cm³/mol. The third kappa shape index (κ3) is 5.64. The molecule has 0 saturated carbocycles. The summed E-state index contributed by atoms with van der Waals surface area (Å²) in [5.74, 6) is -3.12. The van der Waals surface area contributed by atoms with Crippen LogP contribution in [0, 0.1) is 12.7 Å². The van der Waals surface area contributed by atoms with Crippen LogP contribution in [-0.2, 0) is 12.3 Å². The van der Waals surface area contributed by atoms with Crippen molar-refractivity contribution in [3.63, 3.8) is 0 Å². The van der Waals surface area contributed by atoms with Crippen LogP contribution >= 0.6 is 0 Å². The van der Waals surface area contributed by atoms with Gasteiger partial charge in [-0.05, 0) is 77.9 Å². The molecule has 0 spiro atoms. The molecular formula is C27H26BF3O. The lowest BCUT2D eigenvalue weighted by Gasteiger charge is -2.21. The van der Waals surface area contributed by atoms with E-state index in [1.54, 1.807) is 0 Å². The number of alkyl halides is 2. The Balaban J connectivity index is 2.12. The molecule has 0 fully saturated rings. The molecule has 0 aromatic heterocycles. The van der Waals surface area contributed by atoms with Crippen molar-refractivity contribution >= 4 is 19.0 Å². The van der Waals surface area contributed by atoms with Crippen molar-refractivity contribution in [1.29, 1.82) is 0 Å². The van der Waals surface area contributed by atoms with E-state index >= 15 is 0 Å². The first-order chi connectivity index (χ1) is 15.2. The topological polar surface area (TPSA) is 9.23 Å². The van der Waals surface area contributed by atoms with Gasteiger partial charge in [0.2, 0.25) is 0 Å². The Labute approximate surface area is 189 Å². The van der Waals surface area contributed by atoms with Gasteiger partial charge in [-0.1, -0.05) is 48.8 Å². The monoisotopic (exact) mass is 434 g/mol. The molecule has 0 aliphatic rings. The number of aryl methyl sites for hydroxylation is 1. The summed E-state index contributed by atoms with van der Waals surface area (Å²) in [4.78, 5) is 0. The molecule has 0 amide bonds. The molecule has 0 saturated heterocycles. The highest BCUT2D eigenvalue weighted by Crippen LogP contribution is 2.38. The van der Waals surface area contributed by atoms with E-state index in [1.165, 1.54) is 12.1 Å². The van der Waals surface area contributed by atoms with Gasteiger partial charge >= 0.3 is 0 Å². The summed E-state index contributed by atoms with van der Waals surface area (Å²) >= 11 is 0. The third-order valence-corrected chi connectivity index (χ3v) is 5.47. The van der Waals surface area contributed by atoms with Crippen LogP contribution in [0.25, 0.3) is 11.1 Å². The number of allylic oxidation sites excluding steroid dienone is 2. The minimum absolute atomic E-state index is 0.313. The van der Waals surface area contributed by atoms with E-state index < -0.39 is 11.7 Å². The molecule has 3 rings (SSSR count). The second-order valence-corrected chi connectivity index (χ2v) is 7.95. The van der Waals surface area contributed by atoms with E-state index in [0.29, 0.717) is 30.5 Å². The van der Waals surface area contributed by atoms with Gasteiger partial charge in [0.15, 0.2) is 0 Å². The van der Waals surface area contributed by atoms with Crippen molar-refractivity contribution in [2.45, 2.75) is 39.4 Å². The van der Waals surface area contributed by atoms with Crippen LogP contribution in [0.15, 0.2) is 66.7 Å². The Morgan fingerprint density at radius 3 is 2.28 bits per heavy atom. The Bertz CT molecular complexity index is 1100. The lowest BCUT2D eigenvalue weighted by molar-refractivity contribution is 0.0169. The van der Waals surface area contributed by atoms with E-state index in [4.69, 9.17) is 12.6 Å². The van der Waals surface area contributed by atoms with Gasteiger partial charge in [-0.3, -0.25) is 0 Å². The maximum absolute atomic E-state index is 14.4. The van der Waals surface area contributed by atoms with Gasteiger partial charge in [0.05, 0.1) is 14.5 Å². The molecular weight excluding hydrogens is 408 g/mol. The minimum Gasteiger partial charge on any atom is -0.494 e. The maximum atomic E-state index is 14.4. The number of halogens is 3. The Morgan fingerprint density at radius 2 is 1.66 bits per heavy atom. The molecule has 1 nitrogen and oxygen atoms in total. The summed E-state index contributed by atoms with van der Waals surface area (Å²) in [6.45, 7) is 5.05. The van der Waals surface area contributed by atoms with Crippen molar-refractivity contribution in [3.05, 3.63) is 100 Å². The van der Waals surface area contributed by atoms with Gasteiger partial charge in [-0.2, -0.15) is 0 Å². The standard InChI is InChI=1S/C27H26BF3O/c1-18-6-4-5-7-23(18)25(16-20-8-11-22(12-9-20)32-15-14-28)19(2)24-13-10-21(29)17-26(24)27(3,30)31/h4-13,17H,14-16H2,1-3H3/b25-19+. The second kappa shape index (κ2) is 10.1. The second-order valence-electron chi connectivity index (χ2n) is 7.95. The SMILES string of the molecule is [B]CCOc1ccc(C/C(=C(/C)c2ccc(F)cc2C(C)(F)F)c2ccccc2C)cc1. The molecule has 0 aliphatic heterocycles. The highest BCUT2D eigenvalue weighted by atomic mass is 19.3. The van der Waals surface area contributed by atoms with Crippen molar-refractivity contribution in [2.75, 3.05) is 6.61 Å². The Kier molecular flexibility index (Phi) is 7.50. The van der Waals surface area contributed by atoms with E-state index in [9.17, 15) is 13.2 Å². The normalized spacial score (nSPS) is 12.4. The summed E-state index contributed by atoms with van der Waals surface area (Å²) in [6, 6.07) is 19.1. The summed E-state index contributed by atoms with van der Waals surface area (Å²) in [5.41, 5.74) is 4.66. The van der Waals surface area contributed by atoms with Gasteiger partial charge in [0, 0.05) is 12.5 Å². The molecule has 0 bridgehead atoms. The number of ether oxygens (including phenoxy) is 1. The van der Waals surface area contributed by atoms with Crippen LogP contribution in [0.3, 0.4) is 0 Å². The smallest absolute Gasteiger partial charge is 0.271 e. The minimum atomic E-state index is -3.17. The van der Waals surface area contributed by atoms with Crippen molar-refractivity contribution in [1.82, 2.24) is 0 Å². The molecule has 0 atom stereocenters.